The molecule has 0 atom stereocenters. The van der Waals surface area contributed by atoms with Crippen molar-refractivity contribution in [2.24, 2.45) is 0 Å². The number of nitrogens with zero attached hydrogens (tertiary/aromatic N) is 3. The van der Waals surface area contributed by atoms with E-state index in [1.54, 1.807) is 41.3 Å². The number of carboxylic acid groups (broad SMARTS) is 1. The van der Waals surface area contributed by atoms with E-state index in [-0.39, 0.29) is 22.4 Å². The van der Waals surface area contributed by atoms with Crippen molar-refractivity contribution in [3.8, 4) is 0 Å². The Morgan fingerprint density at radius 1 is 1.03 bits per heavy atom. The molecule has 0 saturated heterocycles. The van der Waals surface area contributed by atoms with Gasteiger partial charge in [0.2, 0.25) is 5.91 Å². The number of fused-ring (bicyclic) bond motifs is 1. The first-order chi connectivity index (χ1) is 14.8. The van der Waals surface area contributed by atoms with Gasteiger partial charge in [-0.2, -0.15) is 5.10 Å². The number of nitrogens with one attached hydrogen (secondary N) is 1. The number of hydrogen-bond donors (Lipinski definition) is 2. The molecule has 31 heavy (non-hydrogen) atoms. The Hall–Kier alpha value is -4.01. The second-order valence-electron chi connectivity index (χ2n) is 6.77. The molecule has 0 aliphatic heterocycles. The van der Waals surface area contributed by atoms with Gasteiger partial charge in [0, 0.05) is 29.7 Å². The minimum atomic E-state index is -1.30. The van der Waals surface area contributed by atoms with Crippen LogP contribution < -0.4 is 10.9 Å². The van der Waals surface area contributed by atoms with E-state index in [0.717, 1.165) is 4.68 Å². The van der Waals surface area contributed by atoms with Gasteiger partial charge in [-0.15, -0.1) is 0 Å². The summed E-state index contributed by atoms with van der Waals surface area (Å²) in [6.45, 7) is 4.42. The van der Waals surface area contributed by atoms with E-state index in [4.69, 9.17) is 0 Å². The molecule has 3 aromatic rings. The van der Waals surface area contributed by atoms with Crippen molar-refractivity contribution in [2.75, 3.05) is 18.4 Å². The number of benzene rings is 2. The third kappa shape index (κ3) is 4.61. The van der Waals surface area contributed by atoms with Crippen LogP contribution in [-0.4, -0.2) is 50.7 Å². The molecule has 0 unspecified atom stereocenters. The van der Waals surface area contributed by atoms with Crippen molar-refractivity contribution in [1.82, 2.24) is 14.7 Å². The van der Waals surface area contributed by atoms with Crippen molar-refractivity contribution in [2.45, 2.75) is 20.4 Å². The number of hydrogen-bond acceptors (Lipinski definition) is 5. The molecule has 9 heteroatoms. The van der Waals surface area contributed by atoms with Crippen LogP contribution in [0.4, 0.5) is 5.69 Å². The Morgan fingerprint density at radius 2 is 1.71 bits per heavy atom. The molecule has 3 rings (SSSR count). The van der Waals surface area contributed by atoms with Gasteiger partial charge in [0.25, 0.3) is 11.5 Å². The van der Waals surface area contributed by atoms with Crippen molar-refractivity contribution < 1.29 is 19.5 Å². The van der Waals surface area contributed by atoms with E-state index in [1.807, 2.05) is 13.8 Å². The average molecular weight is 422 g/mol. The molecule has 0 aliphatic rings. The van der Waals surface area contributed by atoms with Crippen LogP contribution >= 0.6 is 0 Å². The first-order valence-corrected chi connectivity index (χ1v) is 9.78. The summed E-state index contributed by atoms with van der Waals surface area (Å²) in [5, 5.41) is 16.3. The van der Waals surface area contributed by atoms with Gasteiger partial charge in [0.15, 0.2) is 5.69 Å². The van der Waals surface area contributed by atoms with E-state index in [9.17, 15) is 24.3 Å². The third-order valence-corrected chi connectivity index (χ3v) is 4.81. The van der Waals surface area contributed by atoms with Crippen molar-refractivity contribution in [3.63, 3.8) is 0 Å². The monoisotopic (exact) mass is 422 g/mol. The van der Waals surface area contributed by atoms with Crippen LogP contribution in [0.25, 0.3) is 10.8 Å². The summed E-state index contributed by atoms with van der Waals surface area (Å²) in [6.07, 6.45) is 0. The summed E-state index contributed by atoms with van der Waals surface area (Å²) in [5.74, 6) is -2.03. The Bertz CT molecular complexity index is 1210. The second kappa shape index (κ2) is 9.21. The van der Waals surface area contributed by atoms with E-state index >= 15 is 0 Å². The summed E-state index contributed by atoms with van der Waals surface area (Å²) in [6, 6.07) is 12.7. The molecule has 1 heterocycles. The maximum atomic E-state index is 12.7. The van der Waals surface area contributed by atoms with Gasteiger partial charge in [-0.25, -0.2) is 9.48 Å². The molecule has 0 fully saturated rings. The number of carboxylic acids is 1. The fraction of sp³-hybridized carbons (Fsp3) is 0.227. The third-order valence-electron chi connectivity index (χ3n) is 4.81. The fourth-order valence-electron chi connectivity index (χ4n) is 3.26. The minimum Gasteiger partial charge on any atom is -0.476 e. The first kappa shape index (κ1) is 21.7. The molecule has 0 aliphatic carbocycles. The normalized spacial score (nSPS) is 10.6. The Kier molecular flexibility index (Phi) is 6.44. The molecular weight excluding hydrogens is 400 g/mol. The zero-order chi connectivity index (χ0) is 22.5. The Labute approximate surface area is 177 Å². The lowest BCUT2D eigenvalue weighted by Gasteiger charge is -2.19. The maximum absolute atomic E-state index is 12.7. The summed E-state index contributed by atoms with van der Waals surface area (Å²) >= 11 is 0. The summed E-state index contributed by atoms with van der Waals surface area (Å²) in [5.41, 5.74) is -0.0676. The molecule has 0 spiro atoms. The summed E-state index contributed by atoms with van der Waals surface area (Å²) in [4.78, 5) is 50.9. The van der Waals surface area contributed by atoms with Crippen molar-refractivity contribution in [3.05, 3.63) is 70.1 Å². The number of carbonyl (C=O) groups is 3. The highest BCUT2D eigenvalue weighted by molar-refractivity contribution is 6.01. The average Bonchev–Trinajstić information content (AvgIpc) is 2.76. The van der Waals surface area contributed by atoms with Gasteiger partial charge in [0.05, 0.1) is 5.39 Å². The van der Waals surface area contributed by atoms with Gasteiger partial charge in [-0.1, -0.05) is 24.3 Å². The van der Waals surface area contributed by atoms with Gasteiger partial charge < -0.3 is 15.3 Å². The molecule has 160 valence electrons. The number of carbonyl (C=O) groups excluding carboxylic acids is 2. The number of amides is 2. The van der Waals surface area contributed by atoms with Crippen LogP contribution in [0.3, 0.4) is 0 Å². The second-order valence-corrected chi connectivity index (χ2v) is 6.77. The molecule has 2 N–H and O–H groups in total. The van der Waals surface area contributed by atoms with Crippen LogP contribution in [0.2, 0.25) is 0 Å². The van der Waals surface area contributed by atoms with Crippen LogP contribution in [0, 0.1) is 0 Å². The molecule has 9 nitrogen and oxygen atoms in total. The molecule has 0 bridgehead atoms. The van der Waals surface area contributed by atoms with Crippen LogP contribution in [0.15, 0.2) is 53.3 Å². The zero-order valence-corrected chi connectivity index (χ0v) is 17.2. The quantitative estimate of drug-likeness (QED) is 0.602. The van der Waals surface area contributed by atoms with Crippen LogP contribution in [0.1, 0.15) is 34.7 Å². The topological polar surface area (TPSA) is 122 Å². The lowest BCUT2D eigenvalue weighted by molar-refractivity contribution is -0.117. The predicted octanol–water partition coefficient (Wildman–Crippen LogP) is 2.22. The van der Waals surface area contributed by atoms with Crippen molar-refractivity contribution >= 4 is 34.2 Å². The summed E-state index contributed by atoms with van der Waals surface area (Å²) < 4.78 is 0.825. The SMILES string of the molecule is CCN(CC)C(=O)c1cccc(NC(=O)Cn2nc(C(=O)O)c3ccccc3c2=O)c1. The highest BCUT2D eigenvalue weighted by atomic mass is 16.4. The van der Waals surface area contributed by atoms with Crippen molar-refractivity contribution in [1.29, 1.82) is 0 Å². The lowest BCUT2D eigenvalue weighted by Crippen LogP contribution is -2.32. The standard InChI is InChI=1S/C22H22N4O5/c1-3-25(4-2)20(28)14-8-7-9-15(12-14)23-18(27)13-26-21(29)17-11-6-5-10-16(17)19(24-26)22(30)31/h5-12H,3-4,13H2,1-2H3,(H,23,27)(H,30,31). The highest BCUT2D eigenvalue weighted by Gasteiger charge is 2.18. The van der Waals surface area contributed by atoms with Crippen LogP contribution in [-0.2, 0) is 11.3 Å². The smallest absolute Gasteiger partial charge is 0.357 e. The van der Waals surface area contributed by atoms with Gasteiger partial charge >= 0.3 is 5.97 Å². The molecule has 2 aromatic carbocycles. The molecule has 1 aromatic heterocycles. The number of anilines is 1. The maximum Gasteiger partial charge on any atom is 0.357 e. The Balaban J connectivity index is 1.85. The molecular formula is C22H22N4O5. The number of rotatable bonds is 7. The number of aromatic nitrogens is 2. The minimum absolute atomic E-state index is 0.153. The Morgan fingerprint density at radius 3 is 2.35 bits per heavy atom. The largest absolute Gasteiger partial charge is 0.476 e. The van der Waals surface area contributed by atoms with Gasteiger partial charge in [0.1, 0.15) is 6.54 Å². The molecule has 0 saturated carbocycles. The van der Waals surface area contributed by atoms with E-state index in [2.05, 4.69) is 10.4 Å². The zero-order valence-electron chi connectivity index (χ0n) is 17.2. The van der Waals surface area contributed by atoms with E-state index in [1.165, 1.54) is 12.1 Å². The molecule has 2 amide bonds. The van der Waals surface area contributed by atoms with Gasteiger partial charge in [-0.05, 0) is 38.1 Å². The van der Waals surface area contributed by atoms with Gasteiger partial charge in [-0.3, -0.25) is 14.4 Å². The predicted molar refractivity (Wildman–Crippen MR) is 115 cm³/mol. The first-order valence-electron chi connectivity index (χ1n) is 9.78. The molecule has 0 radical (unpaired) electrons. The van der Waals surface area contributed by atoms with Crippen LogP contribution in [0.5, 0.6) is 0 Å². The summed E-state index contributed by atoms with van der Waals surface area (Å²) in [7, 11) is 0. The fourth-order valence-corrected chi connectivity index (χ4v) is 3.26. The number of aromatic carboxylic acids is 1. The van der Waals surface area contributed by atoms with E-state index < -0.39 is 24.0 Å². The van der Waals surface area contributed by atoms with E-state index in [0.29, 0.717) is 24.3 Å². The lowest BCUT2D eigenvalue weighted by atomic mass is 10.1. The highest BCUT2D eigenvalue weighted by Crippen LogP contribution is 2.15.